The molecule has 11 nitrogen and oxygen atoms in total. The van der Waals surface area contributed by atoms with E-state index in [0.717, 1.165) is 33.8 Å². The summed E-state index contributed by atoms with van der Waals surface area (Å²) in [6, 6.07) is 3.82. The molecule has 2 aromatic heterocycles. The normalized spacial score (nSPS) is 16.2. The van der Waals surface area contributed by atoms with Gasteiger partial charge in [0.2, 0.25) is 6.79 Å². The number of fused-ring (bicyclic) bond motifs is 2. The van der Waals surface area contributed by atoms with Gasteiger partial charge in [-0.2, -0.15) is 0 Å². The first kappa shape index (κ1) is 25.6. The van der Waals surface area contributed by atoms with Crippen molar-refractivity contribution >= 4 is 56.6 Å². The van der Waals surface area contributed by atoms with Crippen molar-refractivity contribution in [3.8, 4) is 11.5 Å². The minimum atomic E-state index is -0.758. The quantitative estimate of drug-likeness (QED) is 0.406. The van der Waals surface area contributed by atoms with Gasteiger partial charge in [0, 0.05) is 35.9 Å². The zero-order valence-corrected chi connectivity index (χ0v) is 22.9. The van der Waals surface area contributed by atoms with Crippen molar-refractivity contribution < 1.29 is 23.8 Å². The highest BCUT2D eigenvalue weighted by atomic mass is 79.9. The molecule has 1 aromatic carbocycles. The van der Waals surface area contributed by atoms with Gasteiger partial charge >= 0.3 is 5.97 Å². The lowest BCUT2D eigenvalue weighted by molar-refractivity contribution is -0.158. The summed E-state index contributed by atoms with van der Waals surface area (Å²) in [5.41, 5.74) is 7.38. The number of nitrogens with two attached hydrogens (primary N) is 1. The Labute approximate surface area is 226 Å². The molecule has 1 unspecified atom stereocenters. The highest BCUT2D eigenvalue weighted by Gasteiger charge is 2.28. The molecule has 196 valence electrons. The van der Waals surface area contributed by atoms with Crippen molar-refractivity contribution in [1.82, 2.24) is 24.4 Å². The van der Waals surface area contributed by atoms with Crippen molar-refractivity contribution in [2.24, 2.45) is 5.92 Å². The highest BCUT2D eigenvalue weighted by Crippen LogP contribution is 2.43. The monoisotopic (exact) mass is 590 g/mol. The Morgan fingerprint density at radius 3 is 2.70 bits per heavy atom. The number of hydrogen-bond acceptors (Lipinski definition) is 10. The van der Waals surface area contributed by atoms with Gasteiger partial charge in [-0.25, -0.2) is 15.0 Å². The predicted octanol–water partition coefficient (Wildman–Crippen LogP) is 3.63. The van der Waals surface area contributed by atoms with Gasteiger partial charge in [-0.1, -0.05) is 11.8 Å². The van der Waals surface area contributed by atoms with Gasteiger partial charge in [-0.15, -0.1) is 0 Å². The van der Waals surface area contributed by atoms with E-state index in [2.05, 4.69) is 30.5 Å². The fourth-order valence-corrected chi connectivity index (χ4v) is 6.11. The summed E-state index contributed by atoms with van der Waals surface area (Å²) < 4.78 is 19.0. The number of carbonyl (C=O) groups is 2. The lowest BCUT2D eigenvalue weighted by Gasteiger charge is -2.33. The van der Waals surface area contributed by atoms with Gasteiger partial charge in [0.25, 0.3) is 5.91 Å². The summed E-state index contributed by atoms with van der Waals surface area (Å²) in [6.07, 6.45) is 3.34. The summed E-state index contributed by atoms with van der Waals surface area (Å²) in [7, 11) is 0. The molecule has 1 saturated heterocycles. The largest absolute Gasteiger partial charge is 0.454 e. The van der Waals surface area contributed by atoms with Crippen LogP contribution in [-0.4, -0.2) is 62.3 Å². The van der Waals surface area contributed by atoms with E-state index in [1.807, 2.05) is 12.1 Å². The Kier molecular flexibility index (Phi) is 7.43. The zero-order valence-electron chi connectivity index (χ0n) is 20.5. The predicted molar refractivity (Wildman–Crippen MR) is 139 cm³/mol. The minimum absolute atomic E-state index is 0.144. The molecule has 1 amide bonds. The third-order valence-electron chi connectivity index (χ3n) is 6.53. The van der Waals surface area contributed by atoms with Crippen molar-refractivity contribution in [1.29, 1.82) is 0 Å². The average molecular weight is 591 g/mol. The van der Waals surface area contributed by atoms with Gasteiger partial charge in [-0.05, 0) is 60.2 Å². The summed E-state index contributed by atoms with van der Waals surface area (Å²) in [5.74, 6) is 1.57. The van der Waals surface area contributed by atoms with Crippen LogP contribution in [0.3, 0.4) is 0 Å². The zero-order chi connectivity index (χ0) is 26.1. The number of likely N-dealkylation sites (tertiary alicyclic amines) is 1. The lowest BCUT2D eigenvalue weighted by Crippen LogP contribution is -2.44. The third kappa shape index (κ3) is 5.47. The number of aryl methyl sites for hydroxylation is 1. The minimum Gasteiger partial charge on any atom is -0.454 e. The first-order valence-corrected chi connectivity index (χ1v) is 13.6. The third-order valence-corrected chi connectivity index (χ3v) is 8.50. The number of hydrogen-bond donors (Lipinski definition) is 1. The molecule has 4 heterocycles. The van der Waals surface area contributed by atoms with Crippen LogP contribution in [0.4, 0.5) is 5.82 Å². The highest BCUT2D eigenvalue weighted by molar-refractivity contribution is 9.10. The number of amides is 1. The molecule has 37 heavy (non-hydrogen) atoms. The number of rotatable bonds is 7. The van der Waals surface area contributed by atoms with Crippen molar-refractivity contribution in [3.63, 3.8) is 0 Å². The first-order valence-electron chi connectivity index (χ1n) is 12.0. The second kappa shape index (κ2) is 10.7. The summed E-state index contributed by atoms with van der Waals surface area (Å²) in [6.45, 7) is 5.10. The molecule has 0 radical (unpaired) electrons. The number of nitrogen functional groups attached to an aromatic ring is 1. The number of anilines is 1. The Bertz CT molecular complexity index is 1340. The smallest absolute Gasteiger partial charge is 0.303 e. The Morgan fingerprint density at radius 2 is 1.97 bits per heavy atom. The van der Waals surface area contributed by atoms with E-state index in [-0.39, 0.29) is 12.7 Å². The molecule has 3 aromatic rings. The Balaban J connectivity index is 1.30. The second-order valence-corrected chi connectivity index (χ2v) is 10.9. The van der Waals surface area contributed by atoms with E-state index in [1.165, 1.54) is 25.0 Å². The molecule has 1 fully saturated rings. The molecular formula is C24H27BrN6O5S. The van der Waals surface area contributed by atoms with Crippen molar-refractivity contribution in [3.05, 3.63) is 22.9 Å². The van der Waals surface area contributed by atoms with E-state index in [1.54, 1.807) is 11.8 Å². The molecule has 0 spiro atoms. The van der Waals surface area contributed by atoms with Gasteiger partial charge in [0.1, 0.15) is 6.33 Å². The van der Waals surface area contributed by atoms with E-state index in [4.69, 9.17) is 24.9 Å². The van der Waals surface area contributed by atoms with Crippen LogP contribution < -0.4 is 15.2 Å². The number of esters is 1. The number of halogens is 1. The second-order valence-electron chi connectivity index (χ2n) is 9.02. The Hall–Kier alpha value is -3.06. The van der Waals surface area contributed by atoms with E-state index in [9.17, 15) is 9.59 Å². The van der Waals surface area contributed by atoms with Crippen LogP contribution in [0.5, 0.6) is 11.5 Å². The molecule has 0 aliphatic carbocycles. The summed E-state index contributed by atoms with van der Waals surface area (Å²) in [5, 5.41) is 0.754. The molecule has 13 heteroatoms. The van der Waals surface area contributed by atoms with Crippen LogP contribution in [0, 0.1) is 5.92 Å². The van der Waals surface area contributed by atoms with Gasteiger partial charge in [-0.3, -0.25) is 9.59 Å². The number of ether oxygens (including phenoxy) is 3. The van der Waals surface area contributed by atoms with Crippen LogP contribution in [-0.2, 0) is 20.9 Å². The maximum atomic E-state index is 12.6. The van der Waals surface area contributed by atoms with Gasteiger partial charge < -0.3 is 29.4 Å². The fraction of sp³-hybridized carbons (Fsp3) is 0.458. The number of nitrogens with zero attached hydrogens (tertiary/aromatic N) is 5. The lowest BCUT2D eigenvalue weighted by atomic mass is 9.93. The number of piperidine rings is 1. The van der Waals surface area contributed by atoms with Crippen LogP contribution in [0.1, 0.15) is 33.1 Å². The molecule has 2 aliphatic rings. The SMILES string of the molecule is CC(=O)OC(C)C(=O)N1CCC(CCn2c(Sc3cc4c(cc3Br)OCO4)nc3c(N)ncnc32)CC1. The number of benzene rings is 1. The summed E-state index contributed by atoms with van der Waals surface area (Å²) >= 11 is 5.12. The molecule has 2 aliphatic heterocycles. The maximum Gasteiger partial charge on any atom is 0.303 e. The topological polar surface area (TPSA) is 135 Å². The maximum absolute atomic E-state index is 12.6. The molecule has 0 saturated carbocycles. The van der Waals surface area contributed by atoms with Crippen LogP contribution >= 0.6 is 27.7 Å². The number of aromatic nitrogens is 4. The first-order chi connectivity index (χ1) is 17.8. The molecule has 0 bridgehead atoms. The van der Waals surface area contributed by atoms with Crippen LogP contribution in [0.2, 0.25) is 0 Å². The molecular weight excluding hydrogens is 564 g/mol. The molecule has 2 N–H and O–H groups in total. The van der Waals surface area contributed by atoms with Crippen molar-refractivity contribution in [2.75, 3.05) is 25.6 Å². The van der Waals surface area contributed by atoms with Gasteiger partial charge in [0.15, 0.2) is 39.7 Å². The standard InChI is InChI=1S/C24H27BrN6O5S/c1-13(36-14(2)32)23(33)30-6-3-15(4-7-30)5-8-31-22-20(21(26)27-11-28-22)29-24(31)37-19-10-18-17(9-16(19)25)34-12-35-18/h9-11,13,15H,3-8,12H2,1-2H3,(H2,26,27,28). The molecule has 5 rings (SSSR count). The number of carbonyl (C=O) groups excluding carboxylic acids is 2. The van der Waals surface area contributed by atoms with Crippen LogP contribution in [0.25, 0.3) is 11.2 Å². The fourth-order valence-electron chi connectivity index (χ4n) is 4.60. The van der Waals surface area contributed by atoms with E-state index >= 15 is 0 Å². The van der Waals surface area contributed by atoms with Gasteiger partial charge in [0.05, 0.1) is 0 Å². The summed E-state index contributed by atoms with van der Waals surface area (Å²) in [4.78, 5) is 39.8. The Morgan fingerprint density at radius 1 is 1.24 bits per heavy atom. The van der Waals surface area contributed by atoms with Crippen molar-refractivity contribution in [2.45, 2.75) is 55.8 Å². The van der Waals surface area contributed by atoms with E-state index < -0.39 is 12.1 Å². The van der Waals surface area contributed by atoms with Crippen LogP contribution in [0.15, 0.2) is 33.0 Å². The average Bonchev–Trinajstić information content (AvgIpc) is 3.47. The number of imidazole rings is 1. The van der Waals surface area contributed by atoms with E-state index in [0.29, 0.717) is 54.0 Å². The molecule has 1 atom stereocenters.